The van der Waals surface area contributed by atoms with Crippen molar-refractivity contribution in [2.24, 2.45) is 0 Å². The first-order valence-corrected chi connectivity index (χ1v) is 9.89. The Kier molecular flexibility index (Phi) is 7.02. The van der Waals surface area contributed by atoms with E-state index in [0.29, 0.717) is 22.9 Å². The van der Waals surface area contributed by atoms with E-state index in [9.17, 15) is 9.59 Å². The molecule has 0 bridgehead atoms. The second-order valence-electron chi connectivity index (χ2n) is 6.21. The van der Waals surface area contributed by atoms with Crippen molar-refractivity contribution in [3.05, 3.63) is 46.5 Å². The van der Waals surface area contributed by atoms with Crippen LogP contribution in [0.2, 0.25) is 0 Å². The maximum Gasteiger partial charge on any atom is 0.308 e. The van der Waals surface area contributed by atoms with Crippen LogP contribution in [-0.4, -0.2) is 36.2 Å². The molecule has 2 aromatic heterocycles. The SMILES string of the molecule is COc1ccc(-c2noc(COC(=O)CC(NC(C)=O)c3cccs3)n2)c(OC)c1. The zero-order valence-electron chi connectivity index (χ0n) is 16.7. The zero-order chi connectivity index (χ0) is 21.5. The third kappa shape index (κ3) is 5.35. The smallest absolute Gasteiger partial charge is 0.308 e. The van der Waals surface area contributed by atoms with Gasteiger partial charge in [-0.05, 0) is 23.6 Å². The van der Waals surface area contributed by atoms with Crippen molar-refractivity contribution in [2.75, 3.05) is 14.2 Å². The van der Waals surface area contributed by atoms with Crippen molar-refractivity contribution in [1.82, 2.24) is 15.5 Å². The molecule has 0 saturated heterocycles. The van der Waals surface area contributed by atoms with Crippen molar-refractivity contribution in [3.63, 3.8) is 0 Å². The van der Waals surface area contributed by atoms with Crippen molar-refractivity contribution < 1.29 is 28.3 Å². The van der Waals surface area contributed by atoms with E-state index in [1.807, 2.05) is 17.5 Å². The Morgan fingerprint density at radius 1 is 1.23 bits per heavy atom. The minimum absolute atomic E-state index is 0.00656. The van der Waals surface area contributed by atoms with Gasteiger partial charge in [0, 0.05) is 17.9 Å². The van der Waals surface area contributed by atoms with E-state index in [0.717, 1.165) is 4.88 Å². The number of amides is 1. The third-order valence-corrected chi connectivity index (χ3v) is 5.10. The molecule has 0 spiro atoms. The maximum atomic E-state index is 12.3. The van der Waals surface area contributed by atoms with Crippen LogP contribution in [0.4, 0.5) is 0 Å². The molecule has 0 fully saturated rings. The number of nitrogens with zero attached hydrogens (tertiary/aromatic N) is 2. The average Bonchev–Trinajstić information content (AvgIpc) is 3.43. The maximum absolute atomic E-state index is 12.3. The van der Waals surface area contributed by atoms with Gasteiger partial charge in [-0.2, -0.15) is 4.98 Å². The molecule has 1 unspecified atom stereocenters. The zero-order valence-corrected chi connectivity index (χ0v) is 17.5. The molecule has 30 heavy (non-hydrogen) atoms. The minimum atomic E-state index is -0.496. The van der Waals surface area contributed by atoms with Gasteiger partial charge in [0.25, 0.3) is 5.89 Å². The quantitative estimate of drug-likeness (QED) is 0.514. The Morgan fingerprint density at radius 2 is 2.07 bits per heavy atom. The number of hydrogen-bond acceptors (Lipinski definition) is 9. The van der Waals surface area contributed by atoms with Gasteiger partial charge in [-0.25, -0.2) is 0 Å². The molecule has 9 nitrogen and oxygen atoms in total. The number of ether oxygens (including phenoxy) is 3. The molecule has 1 amide bonds. The predicted octanol–water partition coefficient (Wildman–Crippen LogP) is 3.13. The lowest BCUT2D eigenvalue weighted by atomic mass is 10.1. The monoisotopic (exact) mass is 431 g/mol. The molecule has 1 N–H and O–H groups in total. The lowest BCUT2D eigenvalue weighted by molar-refractivity contribution is -0.146. The lowest BCUT2D eigenvalue weighted by Crippen LogP contribution is -2.28. The van der Waals surface area contributed by atoms with Crippen LogP contribution >= 0.6 is 11.3 Å². The first kappa shape index (κ1) is 21.3. The number of rotatable bonds is 9. The van der Waals surface area contributed by atoms with Gasteiger partial charge < -0.3 is 24.1 Å². The van der Waals surface area contributed by atoms with Crippen molar-refractivity contribution in [3.8, 4) is 22.9 Å². The van der Waals surface area contributed by atoms with Gasteiger partial charge in [0.05, 0.1) is 32.2 Å². The third-order valence-electron chi connectivity index (χ3n) is 4.11. The van der Waals surface area contributed by atoms with Crippen molar-refractivity contribution >= 4 is 23.2 Å². The normalized spacial score (nSPS) is 11.6. The minimum Gasteiger partial charge on any atom is -0.497 e. The number of thiophene rings is 1. The number of methoxy groups -OCH3 is 2. The van der Waals surface area contributed by atoms with Crippen LogP contribution in [0.5, 0.6) is 11.5 Å². The van der Waals surface area contributed by atoms with E-state index in [1.165, 1.54) is 25.4 Å². The molecule has 2 heterocycles. The number of hydrogen-bond donors (Lipinski definition) is 1. The fourth-order valence-corrected chi connectivity index (χ4v) is 3.51. The number of aromatic nitrogens is 2. The largest absolute Gasteiger partial charge is 0.497 e. The Morgan fingerprint density at radius 3 is 2.73 bits per heavy atom. The highest BCUT2D eigenvalue weighted by Crippen LogP contribution is 2.31. The van der Waals surface area contributed by atoms with Gasteiger partial charge in [0.1, 0.15) is 11.5 Å². The number of nitrogens with one attached hydrogen (secondary N) is 1. The molecule has 0 aliphatic rings. The second kappa shape index (κ2) is 9.88. The van der Waals surface area contributed by atoms with E-state index in [1.54, 1.807) is 25.3 Å². The topological polar surface area (TPSA) is 113 Å². The first-order valence-electron chi connectivity index (χ1n) is 9.01. The highest BCUT2D eigenvalue weighted by atomic mass is 32.1. The van der Waals surface area contributed by atoms with E-state index in [-0.39, 0.29) is 24.8 Å². The van der Waals surface area contributed by atoms with Crippen LogP contribution in [0, 0.1) is 0 Å². The fourth-order valence-electron chi connectivity index (χ4n) is 2.73. The van der Waals surface area contributed by atoms with Crippen LogP contribution in [0.1, 0.15) is 30.2 Å². The molecule has 10 heteroatoms. The van der Waals surface area contributed by atoms with Gasteiger partial charge in [-0.3, -0.25) is 9.59 Å². The van der Waals surface area contributed by atoms with Gasteiger partial charge in [-0.15, -0.1) is 11.3 Å². The number of benzene rings is 1. The Balaban J connectivity index is 1.62. The van der Waals surface area contributed by atoms with Crippen LogP contribution in [0.15, 0.2) is 40.2 Å². The van der Waals surface area contributed by atoms with Crippen LogP contribution < -0.4 is 14.8 Å². The van der Waals surface area contributed by atoms with Crippen LogP contribution in [0.25, 0.3) is 11.4 Å². The summed E-state index contributed by atoms with van der Waals surface area (Å²) in [4.78, 5) is 28.8. The van der Waals surface area contributed by atoms with Crippen molar-refractivity contribution in [1.29, 1.82) is 0 Å². The standard InChI is InChI=1S/C20H21N3O6S/c1-12(24)21-15(17-5-4-8-30-17)10-19(25)28-11-18-22-20(23-29-18)14-7-6-13(26-2)9-16(14)27-3/h4-9,15H,10-11H2,1-3H3,(H,21,24). The summed E-state index contributed by atoms with van der Waals surface area (Å²) in [6, 6.07) is 8.46. The van der Waals surface area contributed by atoms with E-state index >= 15 is 0 Å². The summed E-state index contributed by atoms with van der Waals surface area (Å²) >= 11 is 1.45. The number of carbonyl (C=O) groups excluding carboxylic acids is 2. The molecule has 158 valence electrons. The summed E-state index contributed by atoms with van der Waals surface area (Å²) in [5, 5.41) is 8.55. The van der Waals surface area contributed by atoms with Gasteiger partial charge in [0.15, 0.2) is 6.61 Å². The van der Waals surface area contributed by atoms with Gasteiger partial charge in [-0.1, -0.05) is 11.2 Å². The first-order chi connectivity index (χ1) is 14.5. The molecule has 0 aliphatic heterocycles. The average molecular weight is 431 g/mol. The fraction of sp³-hybridized carbons (Fsp3) is 0.300. The highest BCUT2D eigenvalue weighted by Gasteiger charge is 2.20. The number of esters is 1. The lowest BCUT2D eigenvalue weighted by Gasteiger charge is -2.15. The van der Waals surface area contributed by atoms with Gasteiger partial charge >= 0.3 is 5.97 Å². The van der Waals surface area contributed by atoms with Crippen LogP contribution in [-0.2, 0) is 20.9 Å². The summed E-state index contributed by atoms with van der Waals surface area (Å²) in [6.45, 7) is 1.22. The highest BCUT2D eigenvalue weighted by molar-refractivity contribution is 7.10. The Labute approximate surface area is 177 Å². The summed E-state index contributed by atoms with van der Waals surface area (Å²) in [5.74, 6) is 0.874. The molecular weight excluding hydrogens is 410 g/mol. The summed E-state index contributed by atoms with van der Waals surface area (Å²) in [7, 11) is 3.09. The van der Waals surface area contributed by atoms with Crippen LogP contribution in [0.3, 0.4) is 0 Å². The Bertz CT molecular complexity index is 1000. The Hall–Kier alpha value is -3.40. The predicted molar refractivity (Wildman–Crippen MR) is 108 cm³/mol. The summed E-state index contributed by atoms with van der Waals surface area (Å²) in [5.41, 5.74) is 0.614. The second-order valence-corrected chi connectivity index (χ2v) is 7.19. The molecule has 1 aromatic carbocycles. The molecule has 0 radical (unpaired) electrons. The molecule has 0 saturated carbocycles. The number of carbonyl (C=O) groups is 2. The van der Waals surface area contributed by atoms with E-state index in [4.69, 9.17) is 18.7 Å². The van der Waals surface area contributed by atoms with Gasteiger partial charge in [0.2, 0.25) is 11.7 Å². The van der Waals surface area contributed by atoms with E-state index < -0.39 is 12.0 Å². The molecule has 1 atom stereocenters. The summed E-state index contributed by atoms with van der Waals surface area (Å²) in [6.07, 6.45) is -0.00656. The molecule has 0 aliphatic carbocycles. The van der Waals surface area contributed by atoms with E-state index in [2.05, 4.69) is 15.5 Å². The molecule has 3 aromatic rings. The molecular formula is C20H21N3O6S. The van der Waals surface area contributed by atoms with Crippen molar-refractivity contribution in [2.45, 2.75) is 26.0 Å². The molecule has 3 rings (SSSR count). The summed E-state index contributed by atoms with van der Waals surface area (Å²) < 4.78 is 20.9.